The van der Waals surface area contributed by atoms with Crippen LogP contribution in [0.2, 0.25) is 0 Å². The SMILES string of the molecule is Nc1nc(Cc2nc(-c3ccccc3F)no2)cs1. The van der Waals surface area contributed by atoms with Crippen LogP contribution in [0.3, 0.4) is 0 Å². The van der Waals surface area contributed by atoms with E-state index < -0.39 is 0 Å². The second kappa shape index (κ2) is 4.77. The van der Waals surface area contributed by atoms with Gasteiger partial charge in [-0.05, 0) is 12.1 Å². The highest BCUT2D eigenvalue weighted by molar-refractivity contribution is 7.13. The predicted octanol–water partition coefficient (Wildman–Crippen LogP) is 2.51. The van der Waals surface area contributed by atoms with Crippen molar-refractivity contribution < 1.29 is 8.91 Å². The summed E-state index contributed by atoms with van der Waals surface area (Å²) in [6.45, 7) is 0. The number of hydrogen-bond acceptors (Lipinski definition) is 6. The van der Waals surface area contributed by atoms with Crippen LogP contribution in [0.15, 0.2) is 34.2 Å². The normalized spacial score (nSPS) is 10.8. The number of thiazole rings is 1. The van der Waals surface area contributed by atoms with Crippen molar-refractivity contribution in [3.8, 4) is 11.4 Å². The van der Waals surface area contributed by atoms with Gasteiger partial charge in [-0.2, -0.15) is 4.98 Å². The van der Waals surface area contributed by atoms with E-state index in [4.69, 9.17) is 10.3 Å². The van der Waals surface area contributed by atoms with E-state index in [-0.39, 0.29) is 11.6 Å². The minimum Gasteiger partial charge on any atom is -0.375 e. The first kappa shape index (κ1) is 11.8. The smallest absolute Gasteiger partial charge is 0.233 e. The van der Waals surface area contributed by atoms with E-state index in [1.165, 1.54) is 17.4 Å². The molecule has 3 aromatic rings. The van der Waals surface area contributed by atoms with Crippen LogP contribution in [0.25, 0.3) is 11.4 Å². The van der Waals surface area contributed by atoms with Crippen LogP contribution in [0.1, 0.15) is 11.6 Å². The molecule has 2 N–H and O–H groups in total. The number of nitrogens with two attached hydrogens (primary N) is 1. The van der Waals surface area contributed by atoms with Gasteiger partial charge < -0.3 is 10.3 Å². The first-order valence-electron chi connectivity index (χ1n) is 5.50. The third-order valence-corrected chi connectivity index (χ3v) is 3.21. The van der Waals surface area contributed by atoms with Gasteiger partial charge in [0.05, 0.1) is 17.7 Å². The van der Waals surface area contributed by atoms with E-state index in [9.17, 15) is 4.39 Å². The molecule has 0 bridgehead atoms. The van der Waals surface area contributed by atoms with E-state index in [2.05, 4.69) is 15.1 Å². The molecule has 0 fully saturated rings. The summed E-state index contributed by atoms with van der Waals surface area (Å²) < 4.78 is 18.6. The average Bonchev–Trinajstić information content (AvgIpc) is 3.00. The molecule has 0 spiro atoms. The highest BCUT2D eigenvalue weighted by Gasteiger charge is 2.13. The minimum absolute atomic E-state index is 0.233. The third kappa shape index (κ3) is 2.45. The van der Waals surface area contributed by atoms with E-state index in [0.29, 0.717) is 23.0 Å². The van der Waals surface area contributed by atoms with Crippen LogP contribution in [-0.4, -0.2) is 15.1 Å². The molecular weight excluding hydrogens is 267 g/mol. The molecule has 19 heavy (non-hydrogen) atoms. The van der Waals surface area contributed by atoms with E-state index in [0.717, 1.165) is 5.69 Å². The van der Waals surface area contributed by atoms with Crippen LogP contribution in [0, 0.1) is 5.82 Å². The minimum atomic E-state index is -0.382. The summed E-state index contributed by atoms with van der Waals surface area (Å²) in [6, 6.07) is 6.28. The van der Waals surface area contributed by atoms with Crippen molar-refractivity contribution in [2.24, 2.45) is 0 Å². The number of hydrogen-bond donors (Lipinski definition) is 1. The van der Waals surface area contributed by atoms with Gasteiger partial charge in [0.15, 0.2) is 5.13 Å². The van der Waals surface area contributed by atoms with Gasteiger partial charge in [0.25, 0.3) is 0 Å². The van der Waals surface area contributed by atoms with Crippen LogP contribution < -0.4 is 5.73 Å². The van der Waals surface area contributed by atoms with Gasteiger partial charge in [-0.15, -0.1) is 11.3 Å². The van der Waals surface area contributed by atoms with Gasteiger partial charge in [-0.3, -0.25) is 0 Å². The summed E-state index contributed by atoms with van der Waals surface area (Å²) in [7, 11) is 0. The average molecular weight is 276 g/mol. The van der Waals surface area contributed by atoms with Gasteiger partial charge in [0.2, 0.25) is 11.7 Å². The Morgan fingerprint density at radius 2 is 2.11 bits per heavy atom. The maximum absolute atomic E-state index is 13.6. The van der Waals surface area contributed by atoms with Crippen molar-refractivity contribution in [2.75, 3.05) is 5.73 Å². The quantitative estimate of drug-likeness (QED) is 0.795. The molecule has 0 amide bonds. The first-order valence-corrected chi connectivity index (χ1v) is 6.38. The number of rotatable bonds is 3. The lowest BCUT2D eigenvalue weighted by atomic mass is 10.2. The van der Waals surface area contributed by atoms with Crippen LogP contribution in [-0.2, 0) is 6.42 Å². The van der Waals surface area contributed by atoms with Gasteiger partial charge in [0, 0.05) is 5.38 Å². The summed E-state index contributed by atoms with van der Waals surface area (Å²) in [5.41, 5.74) is 6.61. The Balaban J connectivity index is 1.86. The summed E-state index contributed by atoms with van der Waals surface area (Å²) >= 11 is 1.35. The van der Waals surface area contributed by atoms with E-state index >= 15 is 0 Å². The van der Waals surface area contributed by atoms with Crippen LogP contribution >= 0.6 is 11.3 Å². The molecule has 0 saturated heterocycles. The van der Waals surface area contributed by atoms with Crippen LogP contribution in [0.4, 0.5) is 9.52 Å². The summed E-state index contributed by atoms with van der Waals surface area (Å²) in [5.74, 6) is 0.229. The maximum atomic E-state index is 13.6. The lowest BCUT2D eigenvalue weighted by Gasteiger charge is -1.94. The zero-order chi connectivity index (χ0) is 13.2. The molecule has 0 atom stereocenters. The van der Waals surface area contributed by atoms with Gasteiger partial charge in [-0.1, -0.05) is 17.3 Å². The van der Waals surface area contributed by atoms with Gasteiger partial charge >= 0.3 is 0 Å². The molecule has 0 aliphatic carbocycles. The lowest BCUT2D eigenvalue weighted by Crippen LogP contribution is -1.91. The molecule has 0 saturated carbocycles. The predicted molar refractivity (Wildman–Crippen MR) is 69.0 cm³/mol. The number of benzene rings is 1. The van der Waals surface area contributed by atoms with Crippen molar-refractivity contribution in [3.05, 3.63) is 47.0 Å². The third-order valence-electron chi connectivity index (χ3n) is 2.48. The van der Waals surface area contributed by atoms with Crippen molar-refractivity contribution in [1.29, 1.82) is 0 Å². The number of nitrogen functional groups attached to an aromatic ring is 1. The number of anilines is 1. The number of aromatic nitrogens is 3. The van der Waals surface area contributed by atoms with E-state index in [1.54, 1.807) is 18.2 Å². The van der Waals surface area contributed by atoms with Crippen molar-refractivity contribution in [3.63, 3.8) is 0 Å². The summed E-state index contributed by atoms with van der Waals surface area (Å²) in [4.78, 5) is 8.25. The number of nitrogens with zero attached hydrogens (tertiary/aromatic N) is 3. The Morgan fingerprint density at radius 3 is 2.84 bits per heavy atom. The van der Waals surface area contributed by atoms with Crippen LogP contribution in [0.5, 0.6) is 0 Å². The molecule has 5 nitrogen and oxygen atoms in total. The Kier molecular flexibility index (Phi) is 2.96. The highest BCUT2D eigenvalue weighted by atomic mass is 32.1. The summed E-state index contributed by atoms with van der Waals surface area (Å²) in [5, 5.41) is 6.08. The van der Waals surface area contributed by atoms with Gasteiger partial charge in [0.1, 0.15) is 5.82 Å². The monoisotopic (exact) mass is 276 g/mol. The number of halogens is 1. The molecule has 0 aliphatic heterocycles. The Morgan fingerprint density at radius 1 is 1.26 bits per heavy atom. The Labute approximate surface area is 111 Å². The molecule has 0 unspecified atom stereocenters. The van der Waals surface area contributed by atoms with Crippen molar-refractivity contribution >= 4 is 16.5 Å². The fourth-order valence-corrected chi connectivity index (χ4v) is 2.20. The Bertz CT molecular complexity index is 709. The topological polar surface area (TPSA) is 77.8 Å². The zero-order valence-corrected chi connectivity index (χ0v) is 10.5. The van der Waals surface area contributed by atoms with Crippen molar-refractivity contribution in [1.82, 2.24) is 15.1 Å². The molecule has 2 heterocycles. The molecule has 96 valence electrons. The molecule has 3 rings (SSSR count). The molecule has 7 heteroatoms. The zero-order valence-electron chi connectivity index (χ0n) is 9.71. The van der Waals surface area contributed by atoms with E-state index in [1.807, 2.05) is 5.38 Å². The van der Waals surface area contributed by atoms with Gasteiger partial charge in [-0.25, -0.2) is 9.37 Å². The second-order valence-electron chi connectivity index (χ2n) is 3.85. The molecular formula is C12H9FN4OS. The standard InChI is InChI=1S/C12H9FN4OS/c13-9-4-2-1-3-8(9)11-16-10(18-17-11)5-7-6-19-12(14)15-7/h1-4,6H,5H2,(H2,14,15). The fraction of sp³-hybridized carbons (Fsp3) is 0.0833. The Hall–Kier alpha value is -2.28. The maximum Gasteiger partial charge on any atom is 0.233 e. The lowest BCUT2D eigenvalue weighted by molar-refractivity contribution is 0.385. The molecule has 1 aromatic carbocycles. The largest absolute Gasteiger partial charge is 0.375 e. The molecule has 2 aromatic heterocycles. The molecule has 0 radical (unpaired) electrons. The second-order valence-corrected chi connectivity index (χ2v) is 4.74. The fourth-order valence-electron chi connectivity index (χ4n) is 1.64. The van der Waals surface area contributed by atoms with Crippen molar-refractivity contribution in [2.45, 2.75) is 6.42 Å². The summed E-state index contributed by atoms with van der Waals surface area (Å²) in [6.07, 6.45) is 0.384. The molecule has 0 aliphatic rings. The highest BCUT2D eigenvalue weighted by Crippen LogP contribution is 2.20. The first-order chi connectivity index (χ1) is 9.22.